The largest absolute Gasteiger partial charge is 0.368 e. The van der Waals surface area contributed by atoms with Crippen molar-refractivity contribution in [2.75, 3.05) is 6.61 Å². The molecule has 2 rings (SSSR count). The average molecular weight is 135 g/mol. The van der Waals surface area contributed by atoms with Crippen LogP contribution in [0.25, 0.3) is 0 Å². The van der Waals surface area contributed by atoms with Gasteiger partial charge in [-0.05, 0) is 24.6 Å². The maximum Gasteiger partial charge on any atom is 0.106 e. The highest BCUT2D eigenvalue weighted by atomic mass is 16.6. The molecule has 1 atom stereocenters. The fourth-order valence-corrected chi connectivity index (χ4v) is 1.01. The summed E-state index contributed by atoms with van der Waals surface area (Å²) in [6.07, 6.45) is 2.19. The third kappa shape index (κ3) is 1.02. The van der Waals surface area contributed by atoms with Gasteiger partial charge in [-0.15, -0.1) is 0 Å². The minimum atomic E-state index is 0.363. The Morgan fingerprint density at radius 1 is 1.70 bits per heavy atom. The number of pyridine rings is 1. The summed E-state index contributed by atoms with van der Waals surface area (Å²) < 4.78 is 5.12. The Morgan fingerprint density at radius 2 is 2.50 bits per heavy atom. The first kappa shape index (κ1) is 5.86. The number of nitrogens with zero attached hydrogens (tertiary/aromatic N) is 1. The maximum atomic E-state index is 5.12. The molecule has 0 aliphatic carbocycles. The predicted octanol–water partition coefficient (Wildman–Crippen LogP) is 1.46. The summed E-state index contributed by atoms with van der Waals surface area (Å²) in [5, 5.41) is 0. The highest BCUT2D eigenvalue weighted by Crippen LogP contribution is 2.29. The number of hydrogen-bond donors (Lipinski definition) is 0. The van der Waals surface area contributed by atoms with E-state index >= 15 is 0 Å². The molecule has 0 radical (unpaired) electrons. The standard InChI is InChI=1S/C8H9NO/c1-6-4-7(2-3-9-6)8-5-10-8/h2-4,8H,5H2,1H3/t8-/m1/s1. The Labute approximate surface area is 59.9 Å². The quantitative estimate of drug-likeness (QED) is 0.545. The second-order valence-corrected chi connectivity index (χ2v) is 2.55. The van der Waals surface area contributed by atoms with Crippen molar-refractivity contribution < 1.29 is 4.74 Å². The molecule has 1 aromatic rings. The molecule has 0 unspecified atom stereocenters. The van der Waals surface area contributed by atoms with Crippen molar-refractivity contribution in [1.29, 1.82) is 0 Å². The summed E-state index contributed by atoms with van der Waals surface area (Å²) in [4.78, 5) is 4.09. The van der Waals surface area contributed by atoms with Crippen LogP contribution < -0.4 is 0 Å². The van der Waals surface area contributed by atoms with E-state index in [4.69, 9.17) is 4.74 Å². The average Bonchev–Trinajstić information content (AvgIpc) is 2.68. The molecule has 2 heteroatoms. The number of aryl methyl sites for hydroxylation is 1. The lowest BCUT2D eigenvalue weighted by Crippen LogP contribution is -1.84. The molecule has 1 fully saturated rings. The van der Waals surface area contributed by atoms with E-state index < -0.39 is 0 Å². The predicted molar refractivity (Wildman–Crippen MR) is 37.7 cm³/mol. The van der Waals surface area contributed by atoms with Crippen LogP contribution >= 0.6 is 0 Å². The minimum Gasteiger partial charge on any atom is -0.368 e. The summed E-state index contributed by atoms with van der Waals surface area (Å²) >= 11 is 0. The fourth-order valence-electron chi connectivity index (χ4n) is 1.01. The molecule has 0 aromatic carbocycles. The van der Waals surface area contributed by atoms with Crippen LogP contribution in [-0.2, 0) is 4.74 Å². The normalized spacial score (nSPS) is 22.7. The second kappa shape index (κ2) is 2.06. The molecule has 1 aliphatic heterocycles. The van der Waals surface area contributed by atoms with Crippen LogP contribution in [0.2, 0.25) is 0 Å². The first-order valence-electron chi connectivity index (χ1n) is 3.40. The molecule has 0 N–H and O–H groups in total. The van der Waals surface area contributed by atoms with Crippen molar-refractivity contribution in [1.82, 2.24) is 4.98 Å². The Morgan fingerprint density at radius 3 is 3.10 bits per heavy atom. The van der Waals surface area contributed by atoms with E-state index in [2.05, 4.69) is 11.1 Å². The van der Waals surface area contributed by atoms with Gasteiger partial charge in [0.05, 0.1) is 6.61 Å². The Bertz CT molecular complexity index is 243. The van der Waals surface area contributed by atoms with Crippen LogP contribution in [0.5, 0.6) is 0 Å². The zero-order valence-electron chi connectivity index (χ0n) is 5.87. The summed E-state index contributed by atoms with van der Waals surface area (Å²) in [5.74, 6) is 0. The molecular weight excluding hydrogens is 126 g/mol. The van der Waals surface area contributed by atoms with Gasteiger partial charge in [0.1, 0.15) is 6.10 Å². The van der Waals surface area contributed by atoms with Crippen LogP contribution in [0.15, 0.2) is 18.3 Å². The zero-order valence-corrected chi connectivity index (χ0v) is 5.87. The van der Waals surface area contributed by atoms with E-state index in [1.54, 1.807) is 0 Å². The first-order valence-corrected chi connectivity index (χ1v) is 3.40. The van der Waals surface area contributed by atoms with E-state index in [9.17, 15) is 0 Å². The van der Waals surface area contributed by atoms with E-state index in [0.717, 1.165) is 12.3 Å². The van der Waals surface area contributed by atoms with Crippen molar-refractivity contribution in [3.63, 3.8) is 0 Å². The van der Waals surface area contributed by atoms with Gasteiger partial charge >= 0.3 is 0 Å². The van der Waals surface area contributed by atoms with E-state index in [-0.39, 0.29) is 0 Å². The van der Waals surface area contributed by atoms with Gasteiger partial charge < -0.3 is 4.74 Å². The lowest BCUT2D eigenvalue weighted by Gasteiger charge is -1.94. The Balaban J connectivity index is 2.32. The van der Waals surface area contributed by atoms with Crippen molar-refractivity contribution >= 4 is 0 Å². The van der Waals surface area contributed by atoms with Crippen molar-refractivity contribution in [2.24, 2.45) is 0 Å². The lowest BCUT2D eigenvalue weighted by molar-refractivity contribution is 0.415. The van der Waals surface area contributed by atoms with Crippen molar-refractivity contribution in [3.8, 4) is 0 Å². The van der Waals surface area contributed by atoms with Gasteiger partial charge in [-0.1, -0.05) is 0 Å². The van der Waals surface area contributed by atoms with Gasteiger partial charge in [0.25, 0.3) is 0 Å². The van der Waals surface area contributed by atoms with Crippen LogP contribution in [0.1, 0.15) is 17.4 Å². The van der Waals surface area contributed by atoms with E-state index in [1.165, 1.54) is 5.56 Å². The summed E-state index contributed by atoms with van der Waals surface area (Å²) in [5.41, 5.74) is 2.32. The molecule has 1 aromatic heterocycles. The van der Waals surface area contributed by atoms with Crippen LogP contribution in [0, 0.1) is 6.92 Å². The van der Waals surface area contributed by atoms with Gasteiger partial charge in [-0.25, -0.2) is 0 Å². The minimum absolute atomic E-state index is 0.363. The molecule has 52 valence electrons. The summed E-state index contributed by atoms with van der Waals surface area (Å²) in [6.45, 7) is 2.87. The van der Waals surface area contributed by atoms with Crippen molar-refractivity contribution in [2.45, 2.75) is 13.0 Å². The van der Waals surface area contributed by atoms with Gasteiger partial charge in [-0.3, -0.25) is 4.98 Å². The van der Waals surface area contributed by atoms with Crippen LogP contribution in [-0.4, -0.2) is 11.6 Å². The molecule has 0 saturated carbocycles. The number of rotatable bonds is 1. The highest BCUT2D eigenvalue weighted by molar-refractivity contribution is 5.20. The number of ether oxygens (including phenoxy) is 1. The molecular formula is C8H9NO. The second-order valence-electron chi connectivity index (χ2n) is 2.55. The molecule has 1 aliphatic rings. The zero-order chi connectivity index (χ0) is 6.97. The molecule has 0 bridgehead atoms. The molecule has 1 saturated heterocycles. The number of aromatic nitrogens is 1. The topological polar surface area (TPSA) is 25.4 Å². The number of epoxide rings is 1. The van der Waals surface area contributed by atoms with Crippen molar-refractivity contribution in [3.05, 3.63) is 29.6 Å². The smallest absolute Gasteiger partial charge is 0.106 e. The molecule has 10 heavy (non-hydrogen) atoms. The fraction of sp³-hybridized carbons (Fsp3) is 0.375. The SMILES string of the molecule is Cc1cc([C@H]2CO2)ccn1. The van der Waals surface area contributed by atoms with Crippen LogP contribution in [0.3, 0.4) is 0 Å². The molecule has 2 heterocycles. The van der Waals surface area contributed by atoms with Gasteiger partial charge in [0.2, 0.25) is 0 Å². The molecule has 0 spiro atoms. The Hall–Kier alpha value is -0.890. The third-order valence-corrected chi connectivity index (χ3v) is 1.63. The lowest BCUT2D eigenvalue weighted by atomic mass is 10.2. The number of hydrogen-bond acceptors (Lipinski definition) is 2. The van der Waals surface area contributed by atoms with E-state index in [0.29, 0.717) is 6.10 Å². The summed E-state index contributed by atoms with van der Waals surface area (Å²) in [7, 11) is 0. The third-order valence-electron chi connectivity index (χ3n) is 1.63. The highest BCUT2D eigenvalue weighted by Gasteiger charge is 2.24. The first-order chi connectivity index (χ1) is 4.86. The van der Waals surface area contributed by atoms with Crippen LogP contribution in [0.4, 0.5) is 0 Å². The molecule has 0 amide bonds. The Kier molecular flexibility index (Phi) is 1.21. The monoisotopic (exact) mass is 135 g/mol. The van der Waals surface area contributed by atoms with E-state index in [1.807, 2.05) is 19.2 Å². The van der Waals surface area contributed by atoms with Gasteiger partial charge in [0.15, 0.2) is 0 Å². The maximum absolute atomic E-state index is 5.12. The van der Waals surface area contributed by atoms with Gasteiger partial charge in [-0.2, -0.15) is 0 Å². The van der Waals surface area contributed by atoms with Gasteiger partial charge in [0, 0.05) is 11.9 Å². The molecule has 2 nitrogen and oxygen atoms in total. The summed E-state index contributed by atoms with van der Waals surface area (Å²) in [6, 6.07) is 4.07.